The molecule has 7 rings (SSSR count). The third-order valence-corrected chi connectivity index (χ3v) is 13.8. The van der Waals surface area contributed by atoms with E-state index in [1.165, 1.54) is 6.92 Å². The Morgan fingerprint density at radius 2 is 1.55 bits per heavy atom. The summed E-state index contributed by atoms with van der Waals surface area (Å²) in [6.07, 6.45) is 9.65. The van der Waals surface area contributed by atoms with Crippen molar-refractivity contribution in [2.45, 2.75) is 162 Å². The number of rotatable bonds is 3. The minimum atomic E-state index is -1.51. The van der Waals surface area contributed by atoms with Crippen molar-refractivity contribution in [3.8, 4) is 11.5 Å². The zero-order valence-electron chi connectivity index (χ0n) is 31.3. The summed E-state index contributed by atoms with van der Waals surface area (Å²) in [5.74, 6) is 0.0731. The van der Waals surface area contributed by atoms with E-state index in [9.17, 15) is 15.0 Å². The summed E-state index contributed by atoms with van der Waals surface area (Å²) in [6, 6.07) is 2.27. The highest BCUT2D eigenvalue weighted by molar-refractivity contribution is 6.06. The first-order chi connectivity index (χ1) is 22.8. The lowest BCUT2D eigenvalue weighted by Gasteiger charge is -2.51. The normalized spacial score (nSPS) is 36.0. The maximum Gasteiger partial charge on any atom is 0.308 e. The molecule has 1 heterocycles. The minimum Gasteiger partial charge on any atom is -0.477 e. The van der Waals surface area contributed by atoms with Gasteiger partial charge in [0.1, 0.15) is 0 Å². The smallest absolute Gasteiger partial charge is 0.308 e. The predicted octanol–water partition coefficient (Wildman–Crippen LogP) is 8.07. The molecule has 7 heteroatoms. The monoisotopic (exact) mass is 674 g/mol. The Hall–Kier alpha value is -2.64. The highest BCUT2D eigenvalue weighted by atomic mass is 16.6. The van der Waals surface area contributed by atoms with E-state index in [-0.39, 0.29) is 46.7 Å². The van der Waals surface area contributed by atoms with Crippen LogP contribution in [0.2, 0.25) is 0 Å². The van der Waals surface area contributed by atoms with Gasteiger partial charge in [0.25, 0.3) is 0 Å². The molecule has 0 spiro atoms. The molecule has 0 amide bonds. The summed E-state index contributed by atoms with van der Waals surface area (Å²) in [5.41, 5.74) is 0.941. The lowest BCUT2D eigenvalue weighted by molar-refractivity contribution is -0.158. The first kappa shape index (κ1) is 34.8. The molecule has 268 valence electrons. The molecule has 49 heavy (non-hydrogen) atoms. The average Bonchev–Trinajstić information content (AvgIpc) is 3.25. The number of hydrogen-bond donors (Lipinski definition) is 2. The molecule has 5 aliphatic carbocycles. The largest absolute Gasteiger partial charge is 0.477 e. The van der Waals surface area contributed by atoms with Gasteiger partial charge in [0, 0.05) is 48.0 Å². The quantitative estimate of drug-likeness (QED) is 0.313. The van der Waals surface area contributed by atoms with Crippen LogP contribution in [0.5, 0.6) is 11.5 Å². The van der Waals surface area contributed by atoms with Gasteiger partial charge in [0.05, 0.1) is 11.2 Å². The van der Waals surface area contributed by atoms with Crippen LogP contribution < -0.4 is 9.47 Å². The summed E-state index contributed by atoms with van der Waals surface area (Å²) in [5, 5.41) is 24.8. The molecule has 1 aliphatic heterocycles. The Morgan fingerprint density at radius 1 is 0.918 bits per heavy atom. The molecular weight excluding hydrogens is 616 g/mol. The molecule has 0 saturated heterocycles. The predicted molar refractivity (Wildman–Crippen MR) is 188 cm³/mol. The number of aliphatic hydroxyl groups is 2. The van der Waals surface area contributed by atoms with Crippen LogP contribution in [0.15, 0.2) is 29.0 Å². The van der Waals surface area contributed by atoms with Crippen LogP contribution >= 0.6 is 0 Å². The van der Waals surface area contributed by atoms with Crippen LogP contribution in [0.25, 0.3) is 0 Å². The van der Waals surface area contributed by atoms with Crippen molar-refractivity contribution in [2.75, 3.05) is 0 Å². The lowest BCUT2D eigenvalue weighted by atomic mass is 9.59. The maximum absolute atomic E-state index is 15.2. The van der Waals surface area contributed by atoms with E-state index >= 15 is 4.79 Å². The fourth-order valence-corrected chi connectivity index (χ4v) is 11.3. The topological polar surface area (TPSA) is 102 Å². The second kappa shape index (κ2) is 11.4. The van der Waals surface area contributed by atoms with Gasteiger partial charge in [-0.3, -0.25) is 9.59 Å². The van der Waals surface area contributed by atoms with Crippen molar-refractivity contribution in [3.63, 3.8) is 0 Å². The number of benzene rings is 1. The number of hydrogen-bond acceptors (Lipinski definition) is 7. The number of aryl methyl sites for hydroxylation is 1. The Morgan fingerprint density at radius 3 is 2.16 bits per heavy atom. The molecule has 0 radical (unpaired) electrons. The highest BCUT2D eigenvalue weighted by Gasteiger charge is 2.64. The molecule has 0 aromatic heterocycles. The second-order valence-corrected chi connectivity index (χ2v) is 18.5. The molecule has 6 aliphatic rings. The summed E-state index contributed by atoms with van der Waals surface area (Å²) in [6.45, 7) is 18.6. The molecular formula is C42H58O7. The maximum atomic E-state index is 15.2. The number of allylic oxidation sites excluding steroid dienone is 1. The Kier molecular flexibility index (Phi) is 8.12. The van der Waals surface area contributed by atoms with Crippen molar-refractivity contribution in [1.82, 2.24) is 0 Å². The van der Waals surface area contributed by atoms with Crippen LogP contribution in [0, 0.1) is 28.6 Å². The number of Topliss-reactive ketones (excluding diaryl/α,β-unsaturated/α-hetero) is 1. The standard InChI is InChI=1S/C42H58O7/c1-23(2)28-20-26-12-14-31-38(6,7)16-10-18-40(31,45)21-29(26)34-33(28)48-37-27-13-15-32-39(8,9)17-11-19-41(32,46)22-30(27)35(47-25(5)43)36(44)42(37,49-34)24(3)4/h13,20,23-24,31-32,37,45-46H,10-12,14-19,21-22H2,1-9H3/t31-,32-,37-,40-,41-,42+/m0/s1. The summed E-state index contributed by atoms with van der Waals surface area (Å²) in [4.78, 5) is 27.9. The van der Waals surface area contributed by atoms with Gasteiger partial charge in [-0.2, -0.15) is 0 Å². The van der Waals surface area contributed by atoms with Crippen molar-refractivity contribution in [3.05, 3.63) is 45.7 Å². The van der Waals surface area contributed by atoms with Gasteiger partial charge >= 0.3 is 5.97 Å². The number of esters is 1. The number of fused-ring (bicyclic) bond motifs is 8. The van der Waals surface area contributed by atoms with Gasteiger partial charge in [-0.1, -0.05) is 80.4 Å². The third kappa shape index (κ3) is 5.18. The van der Waals surface area contributed by atoms with Crippen LogP contribution in [-0.2, 0) is 27.2 Å². The molecule has 1 aromatic rings. The Labute approximate surface area is 292 Å². The number of ether oxygens (including phenoxy) is 3. The van der Waals surface area contributed by atoms with Crippen LogP contribution in [0.3, 0.4) is 0 Å². The summed E-state index contributed by atoms with van der Waals surface area (Å²) in [7, 11) is 0. The molecule has 6 atom stereocenters. The van der Waals surface area contributed by atoms with E-state index in [4.69, 9.17) is 14.2 Å². The second-order valence-electron chi connectivity index (χ2n) is 18.5. The van der Waals surface area contributed by atoms with Gasteiger partial charge in [0.2, 0.25) is 11.4 Å². The van der Waals surface area contributed by atoms with Crippen molar-refractivity contribution >= 4 is 11.8 Å². The number of ketones is 1. The van der Waals surface area contributed by atoms with E-state index in [0.29, 0.717) is 36.3 Å². The van der Waals surface area contributed by atoms with Crippen LogP contribution in [-0.4, -0.2) is 44.9 Å². The van der Waals surface area contributed by atoms with E-state index in [1.807, 2.05) is 13.8 Å². The highest BCUT2D eigenvalue weighted by Crippen LogP contribution is 2.60. The zero-order chi connectivity index (χ0) is 35.5. The van der Waals surface area contributed by atoms with E-state index < -0.39 is 34.7 Å². The lowest BCUT2D eigenvalue weighted by Crippen LogP contribution is -2.65. The van der Waals surface area contributed by atoms with E-state index in [2.05, 4.69) is 53.7 Å². The van der Waals surface area contributed by atoms with E-state index in [1.54, 1.807) is 0 Å². The molecule has 2 N–H and O–H groups in total. The summed E-state index contributed by atoms with van der Waals surface area (Å²) < 4.78 is 20.4. The first-order valence-electron chi connectivity index (χ1n) is 19.0. The van der Waals surface area contributed by atoms with Crippen molar-refractivity contribution in [1.29, 1.82) is 0 Å². The van der Waals surface area contributed by atoms with Crippen molar-refractivity contribution in [2.24, 2.45) is 28.6 Å². The van der Waals surface area contributed by atoms with Gasteiger partial charge in [-0.15, -0.1) is 0 Å². The average molecular weight is 675 g/mol. The van der Waals surface area contributed by atoms with Crippen LogP contribution in [0.1, 0.15) is 143 Å². The fraction of sp³-hybridized carbons (Fsp3) is 0.714. The van der Waals surface area contributed by atoms with Gasteiger partial charge < -0.3 is 24.4 Å². The van der Waals surface area contributed by atoms with Gasteiger partial charge in [0.15, 0.2) is 23.4 Å². The summed E-state index contributed by atoms with van der Waals surface area (Å²) >= 11 is 0. The fourth-order valence-electron chi connectivity index (χ4n) is 11.3. The third-order valence-electron chi connectivity index (χ3n) is 13.8. The molecule has 2 saturated carbocycles. The van der Waals surface area contributed by atoms with E-state index in [0.717, 1.165) is 67.2 Å². The Balaban J connectivity index is 1.44. The SMILES string of the molecule is CC(=O)OC1=C2C[C@@]3(O)CCCC(C)(C)[C@@H]3CC=C2[C@@H]2Oc3c(C(C)C)cc4c(c3O[C@]2(C(C)C)C1=O)C[C@@]1(O)CCCC(C)(C)[C@@H]1CC4. The first-order valence-corrected chi connectivity index (χ1v) is 19.0. The number of carbonyl (C=O) groups is 2. The zero-order valence-corrected chi connectivity index (χ0v) is 31.3. The van der Waals surface area contributed by atoms with Crippen molar-refractivity contribution < 1.29 is 34.0 Å². The minimum absolute atomic E-state index is 0.0127. The molecule has 0 unspecified atom stereocenters. The molecule has 2 fully saturated rings. The van der Waals surface area contributed by atoms with Crippen LogP contribution in [0.4, 0.5) is 0 Å². The number of carbonyl (C=O) groups excluding carboxylic acids is 2. The van der Waals surface area contributed by atoms with Gasteiger partial charge in [-0.05, 0) is 79.1 Å². The molecule has 0 bridgehead atoms. The molecule has 7 nitrogen and oxygen atoms in total. The molecule has 1 aromatic carbocycles. The van der Waals surface area contributed by atoms with Gasteiger partial charge in [-0.25, -0.2) is 0 Å². The Bertz CT molecular complexity index is 1640.